The third kappa shape index (κ3) is 4.55. The molecule has 0 spiro atoms. The van der Waals surface area contributed by atoms with E-state index in [1.54, 1.807) is 13.0 Å². The summed E-state index contributed by atoms with van der Waals surface area (Å²) in [7, 11) is 1.33. The lowest BCUT2D eigenvalue weighted by molar-refractivity contribution is -0.385. The van der Waals surface area contributed by atoms with Crippen LogP contribution in [0.5, 0.6) is 5.75 Å². The van der Waals surface area contributed by atoms with Gasteiger partial charge in [-0.3, -0.25) is 10.1 Å². The second-order valence-electron chi connectivity index (χ2n) is 5.94. The first kappa shape index (κ1) is 20.2. The number of esters is 1. The van der Waals surface area contributed by atoms with Gasteiger partial charge in [-0.1, -0.05) is 19.4 Å². The third-order valence-electron chi connectivity index (χ3n) is 4.16. The Morgan fingerprint density at radius 1 is 1.33 bits per heavy atom. The first-order chi connectivity index (χ1) is 12.9. The van der Waals surface area contributed by atoms with Gasteiger partial charge in [0.05, 0.1) is 30.3 Å². The first-order valence-corrected chi connectivity index (χ1v) is 8.72. The van der Waals surface area contributed by atoms with E-state index in [2.05, 4.69) is 10.6 Å². The molecule has 2 amide bonds. The summed E-state index contributed by atoms with van der Waals surface area (Å²) in [5, 5.41) is 16.7. The van der Waals surface area contributed by atoms with Crippen LogP contribution >= 0.6 is 0 Å². The molecule has 0 aromatic heterocycles. The maximum absolute atomic E-state index is 12.6. The van der Waals surface area contributed by atoms with Crippen LogP contribution in [0.2, 0.25) is 0 Å². The zero-order valence-electron chi connectivity index (χ0n) is 15.5. The summed E-state index contributed by atoms with van der Waals surface area (Å²) in [5.74, 6) is -0.476. The van der Waals surface area contributed by atoms with Crippen LogP contribution in [0.4, 0.5) is 10.5 Å². The predicted octanol–water partition coefficient (Wildman–Crippen LogP) is 2.96. The minimum absolute atomic E-state index is 0.0943. The molecule has 0 fully saturated rings. The van der Waals surface area contributed by atoms with Gasteiger partial charge in [0.1, 0.15) is 0 Å². The minimum Gasteiger partial charge on any atom is -0.490 e. The van der Waals surface area contributed by atoms with E-state index < -0.39 is 23.0 Å². The number of ether oxygens (including phenoxy) is 2. The number of methoxy groups -OCH3 is 1. The number of urea groups is 1. The van der Waals surface area contributed by atoms with Gasteiger partial charge in [-0.25, -0.2) is 9.59 Å². The molecule has 9 heteroatoms. The van der Waals surface area contributed by atoms with Crippen molar-refractivity contribution in [3.05, 3.63) is 45.1 Å². The van der Waals surface area contributed by atoms with Crippen molar-refractivity contribution in [1.82, 2.24) is 10.6 Å². The largest absolute Gasteiger partial charge is 0.490 e. The summed E-state index contributed by atoms with van der Waals surface area (Å²) in [6.07, 6.45) is 2.14. The summed E-state index contributed by atoms with van der Waals surface area (Å²) >= 11 is 0. The highest BCUT2D eigenvalue weighted by atomic mass is 16.6. The number of nitrogens with zero attached hydrogens (tertiary/aromatic N) is 1. The number of amides is 2. The topological polar surface area (TPSA) is 120 Å². The SMILES string of the molecule is CCCCC1=C(C(=O)OCC)C(c2ccc(OC)c([N+](=O)[O-])c2)NC(=O)N1. The molecular weight excluding hydrogens is 354 g/mol. The zero-order chi connectivity index (χ0) is 20.0. The number of carbonyl (C=O) groups is 2. The summed E-state index contributed by atoms with van der Waals surface area (Å²) in [5.41, 5.74) is 0.877. The molecular formula is C18H23N3O6. The van der Waals surface area contributed by atoms with Crippen molar-refractivity contribution in [2.24, 2.45) is 0 Å². The molecule has 146 valence electrons. The van der Waals surface area contributed by atoms with Crippen molar-refractivity contribution in [3.63, 3.8) is 0 Å². The molecule has 1 heterocycles. The molecule has 1 aliphatic heterocycles. The first-order valence-electron chi connectivity index (χ1n) is 8.72. The summed E-state index contributed by atoms with van der Waals surface area (Å²) in [4.78, 5) is 35.4. The molecule has 2 N–H and O–H groups in total. The standard InChI is InChI=1S/C18H23N3O6/c1-4-6-7-12-15(17(22)27-5-2)16(20-18(23)19-12)11-8-9-14(26-3)13(10-11)21(24)25/h8-10,16H,4-7H2,1-3H3,(H2,19,20,23). The van der Waals surface area contributed by atoms with E-state index in [9.17, 15) is 19.7 Å². The second kappa shape index (κ2) is 9.02. The van der Waals surface area contributed by atoms with E-state index in [1.807, 2.05) is 6.92 Å². The molecule has 1 unspecified atom stereocenters. The Morgan fingerprint density at radius 2 is 2.07 bits per heavy atom. The summed E-state index contributed by atoms with van der Waals surface area (Å²) in [6, 6.07) is 2.99. The van der Waals surface area contributed by atoms with Crippen molar-refractivity contribution in [1.29, 1.82) is 0 Å². The van der Waals surface area contributed by atoms with Crippen LogP contribution in [0, 0.1) is 10.1 Å². The molecule has 0 saturated carbocycles. The summed E-state index contributed by atoms with van der Waals surface area (Å²) < 4.78 is 10.2. The number of nitro benzene ring substituents is 1. The summed E-state index contributed by atoms with van der Waals surface area (Å²) in [6.45, 7) is 3.86. The van der Waals surface area contributed by atoms with Gasteiger partial charge in [-0.15, -0.1) is 0 Å². The number of nitrogens with one attached hydrogen (secondary N) is 2. The number of rotatable bonds is 8. The molecule has 0 bridgehead atoms. The van der Waals surface area contributed by atoms with Crippen molar-refractivity contribution in [3.8, 4) is 5.75 Å². The van der Waals surface area contributed by atoms with Crippen LogP contribution in [0.1, 0.15) is 44.7 Å². The Morgan fingerprint density at radius 3 is 2.67 bits per heavy atom. The molecule has 1 aromatic carbocycles. The van der Waals surface area contributed by atoms with Crippen LogP contribution in [0.15, 0.2) is 29.5 Å². The van der Waals surface area contributed by atoms with Gasteiger partial charge in [0, 0.05) is 11.8 Å². The predicted molar refractivity (Wildman–Crippen MR) is 97.2 cm³/mol. The van der Waals surface area contributed by atoms with Gasteiger partial charge in [0.2, 0.25) is 0 Å². The highest BCUT2D eigenvalue weighted by Crippen LogP contribution is 2.35. The van der Waals surface area contributed by atoms with Crippen LogP contribution in [0.3, 0.4) is 0 Å². The Labute approximate surface area is 156 Å². The van der Waals surface area contributed by atoms with E-state index in [-0.39, 0.29) is 23.6 Å². The minimum atomic E-state index is -0.853. The monoisotopic (exact) mass is 377 g/mol. The highest BCUT2D eigenvalue weighted by molar-refractivity contribution is 5.95. The van der Waals surface area contributed by atoms with Gasteiger partial charge in [-0.2, -0.15) is 0 Å². The maximum Gasteiger partial charge on any atom is 0.338 e. The molecule has 0 saturated heterocycles. The molecule has 1 aliphatic rings. The Balaban J connectivity index is 2.56. The Hall–Kier alpha value is -3.10. The van der Waals surface area contributed by atoms with Crippen molar-refractivity contribution >= 4 is 17.7 Å². The molecule has 2 rings (SSSR count). The average molecular weight is 377 g/mol. The van der Waals surface area contributed by atoms with Crippen LogP contribution in [-0.2, 0) is 9.53 Å². The van der Waals surface area contributed by atoms with Crippen molar-refractivity contribution in [2.45, 2.75) is 39.2 Å². The number of unbranched alkanes of at least 4 members (excludes halogenated alkanes) is 1. The molecule has 0 aliphatic carbocycles. The van der Waals surface area contributed by atoms with E-state index in [0.29, 0.717) is 17.7 Å². The fourth-order valence-corrected chi connectivity index (χ4v) is 2.90. The van der Waals surface area contributed by atoms with E-state index in [4.69, 9.17) is 9.47 Å². The molecule has 27 heavy (non-hydrogen) atoms. The Kier molecular flexibility index (Phi) is 6.75. The van der Waals surface area contributed by atoms with Crippen LogP contribution < -0.4 is 15.4 Å². The molecule has 1 aromatic rings. The number of benzene rings is 1. The quantitative estimate of drug-likeness (QED) is 0.408. The zero-order valence-corrected chi connectivity index (χ0v) is 15.5. The molecule has 9 nitrogen and oxygen atoms in total. The van der Waals surface area contributed by atoms with Crippen molar-refractivity contribution < 1.29 is 24.0 Å². The Bertz CT molecular complexity index is 774. The normalized spacial score (nSPS) is 16.4. The lowest BCUT2D eigenvalue weighted by atomic mass is 9.93. The fraction of sp³-hybridized carbons (Fsp3) is 0.444. The molecule has 0 radical (unpaired) electrons. The van der Waals surface area contributed by atoms with E-state index in [1.165, 1.54) is 19.2 Å². The van der Waals surface area contributed by atoms with Gasteiger partial charge in [0.15, 0.2) is 5.75 Å². The van der Waals surface area contributed by atoms with E-state index in [0.717, 1.165) is 12.8 Å². The van der Waals surface area contributed by atoms with Crippen LogP contribution in [-0.4, -0.2) is 30.6 Å². The fourth-order valence-electron chi connectivity index (χ4n) is 2.90. The highest BCUT2D eigenvalue weighted by Gasteiger charge is 2.34. The number of hydrogen-bond donors (Lipinski definition) is 2. The number of carbonyl (C=O) groups excluding carboxylic acids is 2. The smallest absolute Gasteiger partial charge is 0.338 e. The lowest BCUT2D eigenvalue weighted by Gasteiger charge is -2.29. The number of hydrogen-bond acceptors (Lipinski definition) is 6. The van der Waals surface area contributed by atoms with Gasteiger partial charge >= 0.3 is 17.7 Å². The molecule has 1 atom stereocenters. The van der Waals surface area contributed by atoms with Gasteiger partial charge < -0.3 is 20.1 Å². The number of allylic oxidation sites excluding steroid dienone is 1. The van der Waals surface area contributed by atoms with E-state index >= 15 is 0 Å². The van der Waals surface area contributed by atoms with Crippen LogP contribution in [0.25, 0.3) is 0 Å². The second-order valence-corrected chi connectivity index (χ2v) is 5.94. The van der Waals surface area contributed by atoms with Gasteiger partial charge in [0.25, 0.3) is 0 Å². The lowest BCUT2D eigenvalue weighted by Crippen LogP contribution is -2.46. The van der Waals surface area contributed by atoms with Crippen molar-refractivity contribution in [2.75, 3.05) is 13.7 Å². The number of nitro groups is 1. The third-order valence-corrected chi connectivity index (χ3v) is 4.16. The average Bonchev–Trinajstić information content (AvgIpc) is 2.65. The maximum atomic E-state index is 12.6. The van der Waals surface area contributed by atoms with Gasteiger partial charge in [-0.05, 0) is 31.4 Å².